The third kappa shape index (κ3) is 3.24. The monoisotopic (exact) mass is 319 g/mol. The predicted octanol–water partition coefficient (Wildman–Crippen LogP) is 1.52. The van der Waals surface area contributed by atoms with Gasteiger partial charge in [-0.2, -0.15) is 4.37 Å². The number of aromatic nitrogens is 1. The van der Waals surface area contributed by atoms with Crippen LogP contribution in [0, 0.1) is 0 Å². The molecule has 0 aliphatic carbocycles. The van der Waals surface area contributed by atoms with Crippen molar-refractivity contribution in [1.29, 1.82) is 0 Å². The molecule has 0 bridgehead atoms. The molecule has 1 aliphatic heterocycles. The largest absolute Gasteiger partial charge is 0.382 e. The molecule has 2 heterocycles. The van der Waals surface area contributed by atoms with E-state index in [0.717, 1.165) is 31.0 Å². The molecule has 1 atom stereocenters. The maximum Gasteiger partial charge on any atom is 0.185 e. The van der Waals surface area contributed by atoms with Gasteiger partial charge >= 0.3 is 0 Å². The molecule has 1 aliphatic rings. The number of hydrogen-bond donors (Lipinski definition) is 1. The number of sulfone groups is 1. The normalized spacial score (nSPS) is 19.4. The van der Waals surface area contributed by atoms with Gasteiger partial charge in [0.1, 0.15) is 9.90 Å². The van der Waals surface area contributed by atoms with E-state index < -0.39 is 9.84 Å². The van der Waals surface area contributed by atoms with Crippen molar-refractivity contribution in [2.24, 2.45) is 0 Å². The topological polar surface area (TPSA) is 85.5 Å². The predicted molar refractivity (Wildman–Crippen MR) is 81.1 cm³/mol. The van der Waals surface area contributed by atoms with Crippen LogP contribution >= 0.6 is 11.5 Å². The van der Waals surface area contributed by atoms with Crippen molar-refractivity contribution in [1.82, 2.24) is 4.37 Å². The zero-order valence-corrected chi connectivity index (χ0v) is 13.5. The highest BCUT2D eigenvalue weighted by molar-refractivity contribution is 7.91. The second-order valence-electron chi connectivity index (χ2n) is 5.04. The first-order valence-corrected chi connectivity index (χ1v) is 9.19. The Bertz CT molecular complexity index is 550. The lowest BCUT2D eigenvalue weighted by Crippen LogP contribution is -2.29. The van der Waals surface area contributed by atoms with Crippen LogP contribution in [0.25, 0.3) is 0 Å². The third-order valence-corrected chi connectivity index (χ3v) is 6.37. The highest BCUT2D eigenvalue weighted by Gasteiger charge is 2.28. The molecule has 0 spiro atoms. The van der Waals surface area contributed by atoms with Crippen LogP contribution in [0.4, 0.5) is 10.8 Å². The lowest BCUT2D eigenvalue weighted by molar-refractivity contribution is 0.116. The second-order valence-corrected chi connectivity index (χ2v) is 7.83. The Morgan fingerprint density at radius 1 is 1.55 bits per heavy atom. The summed E-state index contributed by atoms with van der Waals surface area (Å²) >= 11 is 1.14. The smallest absolute Gasteiger partial charge is 0.185 e. The zero-order chi connectivity index (χ0) is 14.8. The van der Waals surface area contributed by atoms with Gasteiger partial charge in [0.2, 0.25) is 0 Å². The first kappa shape index (κ1) is 15.5. The number of anilines is 2. The molecule has 1 unspecified atom stereocenters. The summed E-state index contributed by atoms with van der Waals surface area (Å²) in [6.07, 6.45) is 2.79. The minimum absolute atomic E-state index is 0.0936. The summed E-state index contributed by atoms with van der Waals surface area (Å²) in [5.74, 6) is 0.203. The van der Waals surface area contributed by atoms with E-state index in [1.807, 2.05) is 18.9 Å². The van der Waals surface area contributed by atoms with Gasteiger partial charge in [-0.1, -0.05) is 6.92 Å². The number of likely N-dealkylation sites (N-methyl/N-ethyl adjacent to an activating group) is 1. The van der Waals surface area contributed by atoms with Crippen molar-refractivity contribution in [2.45, 2.75) is 37.2 Å². The summed E-state index contributed by atoms with van der Waals surface area (Å²) in [4.78, 5) is 2.08. The highest BCUT2D eigenvalue weighted by Crippen LogP contribution is 2.35. The van der Waals surface area contributed by atoms with Gasteiger partial charge in [-0.05, 0) is 30.8 Å². The van der Waals surface area contributed by atoms with Gasteiger partial charge < -0.3 is 15.4 Å². The van der Waals surface area contributed by atoms with Crippen LogP contribution in [0.15, 0.2) is 4.90 Å². The fourth-order valence-corrected chi connectivity index (χ4v) is 5.12. The maximum absolute atomic E-state index is 12.3. The molecular weight excluding hydrogens is 298 g/mol. The first-order valence-electron chi connectivity index (χ1n) is 6.76. The van der Waals surface area contributed by atoms with Crippen LogP contribution < -0.4 is 10.6 Å². The van der Waals surface area contributed by atoms with Gasteiger partial charge in [0, 0.05) is 20.2 Å². The molecule has 2 N–H and O–H groups in total. The average Bonchev–Trinajstić information content (AvgIpc) is 2.98. The second kappa shape index (κ2) is 6.28. The minimum Gasteiger partial charge on any atom is -0.382 e. The van der Waals surface area contributed by atoms with Crippen molar-refractivity contribution in [3.05, 3.63) is 0 Å². The Hall–Kier alpha value is -0.860. The van der Waals surface area contributed by atoms with Crippen molar-refractivity contribution < 1.29 is 13.2 Å². The molecule has 0 radical (unpaired) electrons. The summed E-state index contributed by atoms with van der Waals surface area (Å²) < 4.78 is 34.2. The van der Waals surface area contributed by atoms with Crippen molar-refractivity contribution in [2.75, 3.05) is 36.6 Å². The van der Waals surface area contributed by atoms with E-state index in [1.165, 1.54) is 0 Å². The summed E-state index contributed by atoms with van der Waals surface area (Å²) in [5.41, 5.74) is 5.77. The van der Waals surface area contributed by atoms with Crippen LogP contribution in [-0.2, 0) is 14.6 Å². The van der Waals surface area contributed by atoms with Crippen molar-refractivity contribution in [3.63, 3.8) is 0 Å². The molecule has 2 rings (SSSR count). The molecule has 8 heteroatoms. The molecule has 1 saturated heterocycles. The minimum atomic E-state index is -3.37. The molecule has 1 aromatic heterocycles. The Morgan fingerprint density at radius 3 is 2.90 bits per heavy atom. The van der Waals surface area contributed by atoms with Gasteiger partial charge in [0.25, 0.3) is 0 Å². The summed E-state index contributed by atoms with van der Waals surface area (Å²) in [6, 6.07) is 0. The molecule has 0 saturated carbocycles. The lowest BCUT2D eigenvalue weighted by Gasteiger charge is -2.21. The Kier molecular flexibility index (Phi) is 4.87. The summed E-state index contributed by atoms with van der Waals surface area (Å²) in [7, 11) is -1.51. The van der Waals surface area contributed by atoms with E-state index in [1.54, 1.807) is 0 Å². The highest BCUT2D eigenvalue weighted by atomic mass is 32.2. The Balaban J connectivity index is 2.23. The molecule has 0 aromatic carbocycles. The quantitative estimate of drug-likeness (QED) is 0.855. The van der Waals surface area contributed by atoms with Crippen molar-refractivity contribution in [3.8, 4) is 0 Å². The van der Waals surface area contributed by atoms with Gasteiger partial charge in [0.05, 0.1) is 11.9 Å². The van der Waals surface area contributed by atoms with Gasteiger partial charge in [-0.3, -0.25) is 0 Å². The fraction of sp³-hybridized carbons (Fsp3) is 0.750. The number of hydrogen-bond acceptors (Lipinski definition) is 7. The third-order valence-electron chi connectivity index (χ3n) is 3.29. The molecular formula is C12H21N3O3S2. The summed E-state index contributed by atoms with van der Waals surface area (Å²) in [6.45, 7) is 3.28. The number of nitrogen functional groups attached to an aromatic ring is 1. The zero-order valence-electron chi connectivity index (χ0n) is 11.8. The van der Waals surface area contributed by atoms with Crippen LogP contribution in [0.3, 0.4) is 0 Å². The fourth-order valence-electron chi connectivity index (χ4n) is 2.37. The molecule has 1 fully saturated rings. The average molecular weight is 319 g/mol. The van der Waals surface area contributed by atoms with E-state index in [-0.39, 0.29) is 22.6 Å². The SMILES string of the molecule is CCCS(=O)(=O)c1c(N)nsc1N(C)CC1CCCO1. The van der Waals surface area contributed by atoms with Gasteiger partial charge in [-0.25, -0.2) is 8.42 Å². The van der Waals surface area contributed by atoms with E-state index in [9.17, 15) is 8.42 Å². The molecule has 20 heavy (non-hydrogen) atoms. The number of nitrogens with two attached hydrogens (primary N) is 1. The number of rotatable bonds is 6. The summed E-state index contributed by atoms with van der Waals surface area (Å²) in [5, 5.41) is 0.617. The van der Waals surface area contributed by atoms with E-state index in [4.69, 9.17) is 10.5 Å². The van der Waals surface area contributed by atoms with E-state index in [0.29, 0.717) is 18.0 Å². The molecule has 1 aromatic rings. The van der Waals surface area contributed by atoms with Gasteiger partial charge in [-0.15, -0.1) is 0 Å². The molecule has 6 nitrogen and oxygen atoms in total. The standard InChI is InChI=1S/C12H21N3O3S2/c1-3-7-20(16,17)10-11(13)14-19-12(10)15(2)8-9-5-4-6-18-9/h9H,3-8H2,1-2H3,(H2,13,14). The Morgan fingerprint density at radius 2 is 2.30 bits per heavy atom. The van der Waals surface area contributed by atoms with Crippen LogP contribution in [0.1, 0.15) is 26.2 Å². The maximum atomic E-state index is 12.3. The van der Waals surface area contributed by atoms with Crippen molar-refractivity contribution >= 4 is 32.2 Å². The lowest BCUT2D eigenvalue weighted by atomic mass is 10.2. The van der Waals surface area contributed by atoms with Crippen LogP contribution in [0.2, 0.25) is 0 Å². The van der Waals surface area contributed by atoms with Gasteiger partial charge in [0.15, 0.2) is 15.7 Å². The van der Waals surface area contributed by atoms with E-state index >= 15 is 0 Å². The Labute approximate surface area is 124 Å². The number of nitrogens with zero attached hydrogens (tertiary/aromatic N) is 2. The molecule has 114 valence electrons. The van der Waals surface area contributed by atoms with Crippen LogP contribution in [0.5, 0.6) is 0 Å². The van der Waals surface area contributed by atoms with E-state index in [2.05, 4.69) is 4.37 Å². The first-order chi connectivity index (χ1) is 9.45. The molecule has 0 amide bonds. The van der Waals surface area contributed by atoms with Crippen LogP contribution in [-0.4, -0.2) is 44.8 Å². The number of ether oxygens (including phenoxy) is 1.